The first-order valence-electron chi connectivity index (χ1n) is 6.25. The van der Waals surface area contributed by atoms with Crippen LogP contribution in [0.3, 0.4) is 0 Å². The van der Waals surface area contributed by atoms with Gasteiger partial charge in [-0.15, -0.1) is 0 Å². The van der Waals surface area contributed by atoms with Gasteiger partial charge in [-0.05, 0) is 38.6 Å². The molecule has 1 unspecified atom stereocenters. The van der Waals surface area contributed by atoms with Gasteiger partial charge in [0.05, 0.1) is 11.9 Å². The molecule has 0 saturated carbocycles. The average molecular weight is 254 g/mol. The summed E-state index contributed by atoms with van der Waals surface area (Å²) in [5, 5.41) is 12.1. The molecule has 0 aliphatic carbocycles. The van der Waals surface area contributed by atoms with Gasteiger partial charge < -0.3 is 26.1 Å². The molecule has 0 aromatic heterocycles. The molecular formula is C13H26N4O. The van der Waals surface area contributed by atoms with Gasteiger partial charge >= 0.3 is 0 Å². The zero-order chi connectivity index (χ0) is 13.8. The van der Waals surface area contributed by atoms with Gasteiger partial charge in [-0.3, -0.25) is 0 Å². The van der Waals surface area contributed by atoms with Crippen molar-refractivity contribution in [3.8, 4) is 0 Å². The second-order valence-electron chi connectivity index (χ2n) is 3.98. The van der Waals surface area contributed by atoms with Crippen molar-refractivity contribution in [3.63, 3.8) is 0 Å². The highest BCUT2D eigenvalue weighted by Crippen LogP contribution is 2.12. The number of rotatable bonds is 10. The number of aldehydes is 1. The zero-order valence-corrected chi connectivity index (χ0v) is 11.8. The Morgan fingerprint density at radius 1 is 1.17 bits per heavy atom. The molecule has 18 heavy (non-hydrogen) atoms. The first-order chi connectivity index (χ1) is 8.71. The Hall–Kier alpha value is -1.49. The maximum atomic E-state index is 10.8. The van der Waals surface area contributed by atoms with Crippen molar-refractivity contribution in [3.05, 3.63) is 23.7 Å². The summed E-state index contributed by atoms with van der Waals surface area (Å²) in [6.45, 7) is 0. The number of hydrogen-bond acceptors (Lipinski definition) is 5. The summed E-state index contributed by atoms with van der Waals surface area (Å²) in [4.78, 5) is 10.8. The van der Waals surface area contributed by atoms with E-state index in [9.17, 15) is 4.79 Å². The molecular weight excluding hydrogens is 228 g/mol. The second kappa shape index (κ2) is 10.7. The van der Waals surface area contributed by atoms with Crippen LogP contribution in [0.2, 0.25) is 0 Å². The van der Waals surface area contributed by atoms with Crippen LogP contribution in [0.5, 0.6) is 0 Å². The van der Waals surface area contributed by atoms with E-state index in [1.807, 2.05) is 27.3 Å². The standard InChI is InChI=1S/C13H26N4O/c1-14-9-11(8-12(10-18)15-2)6-5-7-13(16-3)17-4/h7,9-10,12,14-17H,5-6,8H2,1-4H3/b11-9+. The van der Waals surface area contributed by atoms with Crippen LogP contribution in [0.15, 0.2) is 23.7 Å². The van der Waals surface area contributed by atoms with Gasteiger partial charge in [0.2, 0.25) is 0 Å². The van der Waals surface area contributed by atoms with Gasteiger partial charge in [-0.1, -0.05) is 5.57 Å². The highest BCUT2D eigenvalue weighted by molar-refractivity contribution is 5.58. The van der Waals surface area contributed by atoms with Crippen LogP contribution in [0.1, 0.15) is 19.3 Å². The minimum absolute atomic E-state index is 0.110. The Labute approximate surface area is 110 Å². The molecule has 0 saturated heterocycles. The predicted molar refractivity (Wildman–Crippen MR) is 76.1 cm³/mol. The monoisotopic (exact) mass is 254 g/mol. The van der Waals surface area contributed by atoms with Gasteiger partial charge in [0.1, 0.15) is 6.29 Å². The third-order valence-electron chi connectivity index (χ3n) is 2.72. The lowest BCUT2D eigenvalue weighted by atomic mass is 10.0. The SMILES string of the molecule is CN/C=C(\CCC=C(NC)NC)CC(C=O)NC. The van der Waals surface area contributed by atoms with Crippen molar-refractivity contribution < 1.29 is 4.79 Å². The Balaban J connectivity index is 4.33. The number of nitrogens with one attached hydrogen (secondary N) is 4. The van der Waals surface area contributed by atoms with Crippen molar-refractivity contribution >= 4 is 6.29 Å². The fourth-order valence-corrected chi connectivity index (χ4v) is 1.67. The summed E-state index contributed by atoms with van der Waals surface area (Å²) >= 11 is 0. The van der Waals surface area contributed by atoms with E-state index in [4.69, 9.17) is 0 Å². The molecule has 0 fully saturated rings. The normalized spacial score (nSPS) is 12.6. The van der Waals surface area contributed by atoms with E-state index in [2.05, 4.69) is 27.3 Å². The zero-order valence-electron chi connectivity index (χ0n) is 11.8. The molecule has 5 heteroatoms. The van der Waals surface area contributed by atoms with Crippen molar-refractivity contribution in [2.24, 2.45) is 0 Å². The van der Waals surface area contributed by atoms with Crippen LogP contribution >= 0.6 is 0 Å². The quantitative estimate of drug-likeness (QED) is 0.423. The summed E-state index contributed by atoms with van der Waals surface area (Å²) in [5.74, 6) is 1.01. The van der Waals surface area contributed by atoms with Crippen molar-refractivity contribution in [2.75, 3.05) is 28.2 Å². The van der Waals surface area contributed by atoms with Gasteiger partial charge in [-0.25, -0.2) is 0 Å². The van der Waals surface area contributed by atoms with E-state index >= 15 is 0 Å². The van der Waals surface area contributed by atoms with Crippen LogP contribution in [-0.4, -0.2) is 40.5 Å². The fourth-order valence-electron chi connectivity index (χ4n) is 1.67. The van der Waals surface area contributed by atoms with Gasteiger partial charge in [0.25, 0.3) is 0 Å². The molecule has 0 heterocycles. The van der Waals surface area contributed by atoms with Crippen molar-refractivity contribution in [1.82, 2.24) is 21.3 Å². The lowest BCUT2D eigenvalue weighted by Gasteiger charge is -2.12. The molecule has 0 spiro atoms. The molecule has 0 aliphatic heterocycles. The Bertz CT molecular complexity index is 281. The largest absolute Gasteiger partial charge is 0.394 e. The number of carbonyl (C=O) groups excluding carboxylic acids is 1. The Kier molecular flexibility index (Phi) is 9.77. The first-order valence-corrected chi connectivity index (χ1v) is 6.25. The van der Waals surface area contributed by atoms with Gasteiger partial charge in [0, 0.05) is 21.1 Å². The van der Waals surface area contributed by atoms with Crippen LogP contribution in [0.25, 0.3) is 0 Å². The van der Waals surface area contributed by atoms with Crippen molar-refractivity contribution in [2.45, 2.75) is 25.3 Å². The van der Waals surface area contributed by atoms with Gasteiger partial charge in [-0.2, -0.15) is 0 Å². The molecule has 0 aromatic carbocycles. The Morgan fingerprint density at radius 2 is 1.83 bits per heavy atom. The number of hydrogen-bond donors (Lipinski definition) is 4. The van der Waals surface area contributed by atoms with Crippen LogP contribution in [0, 0.1) is 0 Å². The highest BCUT2D eigenvalue weighted by atomic mass is 16.1. The molecule has 4 N–H and O–H groups in total. The number of allylic oxidation sites excluding steroid dienone is 1. The van der Waals surface area contributed by atoms with E-state index in [0.29, 0.717) is 0 Å². The first kappa shape index (κ1) is 16.5. The molecule has 5 nitrogen and oxygen atoms in total. The topological polar surface area (TPSA) is 65.2 Å². The molecule has 1 atom stereocenters. The summed E-state index contributed by atoms with van der Waals surface area (Å²) in [5.41, 5.74) is 1.23. The second-order valence-corrected chi connectivity index (χ2v) is 3.98. The van der Waals surface area contributed by atoms with Crippen LogP contribution < -0.4 is 21.3 Å². The Morgan fingerprint density at radius 3 is 2.28 bits per heavy atom. The molecule has 0 amide bonds. The average Bonchev–Trinajstić information content (AvgIpc) is 2.40. The summed E-state index contributed by atoms with van der Waals surface area (Å²) in [6, 6.07) is -0.110. The third-order valence-corrected chi connectivity index (χ3v) is 2.72. The van der Waals surface area contributed by atoms with Crippen molar-refractivity contribution in [1.29, 1.82) is 0 Å². The maximum absolute atomic E-state index is 10.8. The van der Waals surface area contributed by atoms with E-state index < -0.39 is 0 Å². The highest BCUT2D eigenvalue weighted by Gasteiger charge is 2.07. The molecule has 0 radical (unpaired) electrons. The van der Waals surface area contributed by atoms with E-state index in [1.54, 1.807) is 7.05 Å². The fraction of sp³-hybridized carbons (Fsp3) is 0.615. The molecule has 104 valence electrons. The molecule has 0 rings (SSSR count). The summed E-state index contributed by atoms with van der Waals surface area (Å²) in [7, 11) is 7.44. The lowest BCUT2D eigenvalue weighted by Crippen LogP contribution is -2.27. The van der Waals surface area contributed by atoms with E-state index in [-0.39, 0.29) is 6.04 Å². The predicted octanol–water partition coefficient (Wildman–Crippen LogP) is 0.327. The lowest BCUT2D eigenvalue weighted by molar-refractivity contribution is -0.109. The maximum Gasteiger partial charge on any atom is 0.137 e. The number of likely N-dealkylation sites (N-methyl/N-ethyl adjacent to an activating group) is 1. The molecule has 0 bridgehead atoms. The third kappa shape index (κ3) is 6.96. The smallest absolute Gasteiger partial charge is 0.137 e. The summed E-state index contributed by atoms with van der Waals surface area (Å²) < 4.78 is 0. The number of carbonyl (C=O) groups is 1. The van der Waals surface area contributed by atoms with E-state index in [0.717, 1.165) is 31.4 Å². The van der Waals surface area contributed by atoms with Crippen LogP contribution in [0.4, 0.5) is 0 Å². The molecule has 0 aromatic rings. The van der Waals surface area contributed by atoms with Gasteiger partial charge in [0.15, 0.2) is 0 Å². The summed E-state index contributed by atoms with van der Waals surface area (Å²) in [6.07, 6.45) is 7.63. The van der Waals surface area contributed by atoms with Crippen LogP contribution in [-0.2, 0) is 4.79 Å². The molecule has 0 aliphatic rings. The minimum Gasteiger partial charge on any atom is -0.394 e. The van der Waals surface area contributed by atoms with E-state index in [1.165, 1.54) is 5.57 Å². The minimum atomic E-state index is -0.110.